The van der Waals surface area contributed by atoms with Crippen LogP contribution >= 0.6 is 0 Å². The summed E-state index contributed by atoms with van der Waals surface area (Å²) in [6, 6.07) is 7.61. The van der Waals surface area contributed by atoms with Gasteiger partial charge in [0.2, 0.25) is 5.95 Å². The maximum absolute atomic E-state index is 6.07. The molecule has 0 atom stereocenters. The standard InChI is InChI=1S/C20H26N6O2/c1-14-11-16(25-20(23-14)26-7-2-3-8-26)13-22-19(21)24-15-5-6-17-18(12-15)28-10-4-9-27-17/h5-6,11-12H,2-4,7-10,13H2,1H3,(H3,21,22,24). The Balaban J connectivity index is 1.43. The van der Waals surface area contributed by atoms with Crippen molar-refractivity contribution in [3.8, 4) is 11.5 Å². The van der Waals surface area contributed by atoms with Crippen LogP contribution in [-0.4, -0.2) is 42.2 Å². The highest BCUT2D eigenvalue weighted by Gasteiger charge is 2.16. The molecule has 1 aromatic heterocycles. The van der Waals surface area contributed by atoms with E-state index in [1.165, 1.54) is 12.8 Å². The summed E-state index contributed by atoms with van der Waals surface area (Å²) < 4.78 is 11.4. The normalized spacial score (nSPS) is 16.8. The summed E-state index contributed by atoms with van der Waals surface area (Å²) in [6.45, 7) is 5.72. The molecule has 8 nitrogen and oxygen atoms in total. The maximum Gasteiger partial charge on any atom is 0.225 e. The van der Waals surface area contributed by atoms with Gasteiger partial charge in [-0.25, -0.2) is 15.0 Å². The highest BCUT2D eigenvalue weighted by atomic mass is 16.5. The van der Waals surface area contributed by atoms with Crippen molar-refractivity contribution in [2.75, 3.05) is 36.5 Å². The van der Waals surface area contributed by atoms with Crippen molar-refractivity contribution in [3.63, 3.8) is 0 Å². The van der Waals surface area contributed by atoms with Crippen LogP contribution in [-0.2, 0) is 6.54 Å². The third-order valence-corrected chi connectivity index (χ3v) is 4.72. The molecule has 0 saturated carbocycles. The third-order valence-electron chi connectivity index (χ3n) is 4.72. The first-order chi connectivity index (χ1) is 13.7. The van der Waals surface area contributed by atoms with Gasteiger partial charge in [0.1, 0.15) is 0 Å². The topological polar surface area (TPSA) is 97.9 Å². The zero-order valence-electron chi connectivity index (χ0n) is 16.1. The van der Waals surface area contributed by atoms with Crippen LogP contribution in [0.15, 0.2) is 29.3 Å². The predicted molar refractivity (Wildman–Crippen MR) is 109 cm³/mol. The number of rotatable bonds is 4. The smallest absolute Gasteiger partial charge is 0.225 e. The first-order valence-corrected chi connectivity index (χ1v) is 9.73. The Kier molecular flexibility index (Phi) is 5.45. The lowest BCUT2D eigenvalue weighted by molar-refractivity contribution is 0.297. The molecule has 148 valence electrons. The Bertz CT molecular complexity index is 864. The minimum absolute atomic E-state index is 0.327. The minimum atomic E-state index is 0.327. The fourth-order valence-electron chi connectivity index (χ4n) is 3.35. The van der Waals surface area contributed by atoms with Crippen LogP contribution in [0.4, 0.5) is 11.6 Å². The molecule has 2 aliphatic heterocycles. The van der Waals surface area contributed by atoms with Gasteiger partial charge in [-0.3, -0.25) is 0 Å². The van der Waals surface area contributed by atoms with Gasteiger partial charge >= 0.3 is 0 Å². The van der Waals surface area contributed by atoms with E-state index in [2.05, 4.69) is 25.2 Å². The van der Waals surface area contributed by atoms with Gasteiger partial charge < -0.3 is 25.4 Å². The van der Waals surface area contributed by atoms with E-state index in [1.54, 1.807) is 0 Å². The number of aryl methyl sites for hydroxylation is 1. The molecule has 0 unspecified atom stereocenters. The van der Waals surface area contributed by atoms with Crippen LogP contribution in [0, 0.1) is 6.92 Å². The van der Waals surface area contributed by atoms with Gasteiger partial charge in [0, 0.05) is 37.0 Å². The van der Waals surface area contributed by atoms with Crippen LogP contribution in [0.1, 0.15) is 30.7 Å². The first kappa shape index (κ1) is 18.3. The molecule has 1 aromatic carbocycles. The molecule has 0 aliphatic carbocycles. The number of aliphatic imine (C=N–C) groups is 1. The molecular formula is C20H26N6O2. The number of guanidine groups is 1. The minimum Gasteiger partial charge on any atom is -0.490 e. The number of ether oxygens (including phenoxy) is 2. The lowest BCUT2D eigenvalue weighted by Gasteiger charge is -2.16. The van der Waals surface area contributed by atoms with E-state index >= 15 is 0 Å². The average Bonchev–Trinajstić information content (AvgIpc) is 3.12. The second-order valence-electron chi connectivity index (χ2n) is 7.03. The van der Waals surface area contributed by atoms with E-state index in [0.717, 1.165) is 54.0 Å². The Morgan fingerprint density at radius 1 is 1.11 bits per heavy atom. The lowest BCUT2D eigenvalue weighted by Crippen LogP contribution is -2.23. The molecule has 0 radical (unpaired) electrons. The second-order valence-corrected chi connectivity index (χ2v) is 7.03. The van der Waals surface area contributed by atoms with Gasteiger partial charge in [-0.2, -0.15) is 0 Å². The highest BCUT2D eigenvalue weighted by Crippen LogP contribution is 2.32. The van der Waals surface area contributed by atoms with Crippen molar-refractivity contribution in [1.82, 2.24) is 9.97 Å². The fourth-order valence-corrected chi connectivity index (χ4v) is 3.35. The monoisotopic (exact) mass is 382 g/mol. The molecule has 2 aromatic rings. The summed E-state index contributed by atoms with van der Waals surface area (Å²) in [4.78, 5) is 15.9. The third kappa shape index (κ3) is 4.44. The van der Waals surface area contributed by atoms with E-state index in [9.17, 15) is 0 Å². The lowest BCUT2D eigenvalue weighted by atomic mass is 10.3. The van der Waals surface area contributed by atoms with Crippen LogP contribution in [0.5, 0.6) is 11.5 Å². The Morgan fingerprint density at radius 3 is 2.71 bits per heavy atom. The number of nitrogens with zero attached hydrogens (tertiary/aromatic N) is 4. The molecule has 1 fully saturated rings. The number of nitrogens with one attached hydrogen (secondary N) is 1. The van der Waals surface area contributed by atoms with Gasteiger partial charge in [-0.15, -0.1) is 0 Å². The molecule has 2 aliphatic rings. The quantitative estimate of drug-likeness (QED) is 0.619. The van der Waals surface area contributed by atoms with Crippen molar-refractivity contribution in [3.05, 3.63) is 35.7 Å². The Labute approximate surface area is 164 Å². The molecule has 0 bridgehead atoms. The molecule has 8 heteroatoms. The number of hydrogen-bond donors (Lipinski definition) is 2. The van der Waals surface area contributed by atoms with Crippen LogP contribution in [0.25, 0.3) is 0 Å². The number of fused-ring (bicyclic) bond motifs is 1. The van der Waals surface area contributed by atoms with Crippen molar-refractivity contribution >= 4 is 17.6 Å². The Morgan fingerprint density at radius 2 is 1.89 bits per heavy atom. The average molecular weight is 382 g/mol. The summed E-state index contributed by atoms with van der Waals surface area (Å²) in [6.07, 6.45) is 3.26. The van der Waals surface area contributed by atoms with Gasteiger partial charge in [-0.1, -0.05) is 0 Å². The summed E-state index contributed by atoms with van der Waals surface area (Å²) in [5, 5.41) is 3.11. The van der Waals surface area contributed by atoms with Crippen LogP contribution in [0.3, 0.4) is 0 Å². The van der Waals surface area contributed by atoms with E-state index in [1.807, 2.05) is 31.2 Å². The largest absolute Gasteiger partial charge is 0.490 e. The van der Waals surface area contributed by atoms with Gasteiger partial charge in [0.05, 0.1) is 25.5 Å². The van der Waals surface area contributed by atoms with Gasteiger partial charge in [0.25, 0.3) is 0 Å². The molecule has 28 heavy (non-hydrogen) atoms. The fraction of sp³-hybridized carbons (Fsp3) is 0.450. The van der Waals surface area contributed by atoms with E-state index < -0.39 is 0 Å². The molecule has 4 rings (SSSR count). The summed E-state index contributed by atoms with van der Waals surface area (Å²) in [7, 11) is 0. The number of aromatic nitrogens is 2. The molecular weight excluding hydrogens is 356 g/mol. The van der Waals surface area contributed by atoms with Gasteiger partial charge in [-0.05, 0) is 38.0 Å². The Hall–Kier alpha value is -3.03. The summed E-state index contributed by atoms with van der Waals surface area (Å²) in [5.41, 5.74) is 8.68. The molecule has 1 saturated heterocycles. The van der Waals surface area contributed by atoms with Gasteiger partial charge in [0.15, 0.2) is 17.5 Å². The van der Waals surface area contributed by atoms with E-state index in [4.69, 9.17) is 15.2 Å². The van der Waals surface area contributed by atoms with Crippen LogP contribution in [0.2, 0.25) is 0 Å². The van der Waals surface area contributed by atoms with Crippen molar-refractivity contribution in [2.24, 2.45) is 10.7 Å². The zero-order chi connectivity index (χ0) is 19.3. The number of benzene rings is 1. The second kappa shape index (κ2) is 8.33. The van der Waals surface area contributed by atoms with Crippen molar-refractivity contribution in [2.45, 2.75) is 32.7 Å². The molecule has 3 heterocycles. The predicted octanol–water partition coefficient (Wildman–Crippen LogP) is 2.47. The van der Waals surface area contributed by atoms with Crippen molar-refractivity contribution < 1.29 is 9.47 Å². The number of nitrogens with two attached hydrogens (primary N) is 1. The highest BCUT2D eigenvalue weighted by molar-refractivity contribution is 5.92. The van der Waals surface area contributed by atoms with Crippen LogP contribution < -0.4 is 25.4 Å². The number of anilines is 2. The molecule has 3 N–H and O–H groups in total. The molecule has 0 amide bonds. The SMILES string of the molecule is Cc1cc(CN=C(N)Nc2ccc3c(c2)OCCCO3)nc(N2CCCC2)n1. The summed E-state index contributed by atoms with van der Waals surface area (Å²) in [5.74, 6) is 2.59. The zero-order valence-corrected chi connectivity index (χ0v) is 16.1. The summed E-state index contributed by atoms with van der Waals surface area (Å²) >= 11 is 0. The first-order valence-electron chi connectivity index (χ1n) is 9.73. The van der Waals surface area contributed by atoms with E-state index in [-0.39, 0.29) is 0 Å². The molecule has 0 spiro atoms. The number of hydrogen-bond acceptors (Lipinski definition) is 6. The van der Waals surface area contributed by atoms with Crippen molar-refractivity contribution in [1.29, 1.82) is 0 Å². The van der Waals surface area contributed by atoms with E-state index in [0.29, 0.717) is 25.7 Å². The maximum atomic E-state index is 6.07.